The summed E-state index contributed by atoms with van der Waals surface area (Å²) in [6.07, 6.45) is 0.505. The van der Waals surface area contributed by atoms with Gasteiger partial charge in [0.25, 0.3) is 0 Å². The SMILES string of the molecule is OCCC(CCO)=NC(CO)(CO)CO. The predicted octanol–water partition coefficient (Wildman–Crippen LogP) is -2.09. The van der Waals surface area contributed by atoms with Crippen molar-refractivity contribution < 1.29 is 25.5 Å². The second kappa shape index (κ2) is 7.72. The van der Waals surface area contributed by atoms with Crippen LogP contribution in [0.5, 0.6) is 0 Å². The van der Waals surface area contributed by atoms with Gasteiger partial charge in [-0.05, 0) is 0 Å². The first-order valence-electron chi connectivity index (χ1n) is 4.80. The van der Waals surface area contributed by atoms with E-state index in [9.17, 15) is 0 Å². The van der Waals surface area contributed by atoms with E-state index in [0.29, 0.717) is 5.71 Å². The third-order valence-corrected chi connectivity index (χ3v) is 2.08. The highest BCUT2D eigenvalue weighted by Gasteiger charge is 2.27. The first kappa shape index (κ1) is 14.5. The molecule has 15 heavy (non-hydrogen) atoms. The molecule has 0 aromatic carbocycles. The van der Waals surface area contributed by atoms with Gasteiger partial charge in [-0.1, -0.05) is 0 Å². The highest BCUT2D eigenvalue weighted by atomic mass is 16.3. The molecule has 0 radical (unpaired) electrons. The molecule has 6 nitrogen and oxygen atoms in total. The summed E-state index contributed by atoms with van der Waals surface area (Å²) < 4.78 is 0. The average molecular weight is 221 g/mol. The molecule has 0 aliphatic rings. The Hall–Kier alpha value is -0.530. The maximum Gasteiger partial charge on any atom is 0.129 e. The van der Waals surface area contributed by atoms with Crippen LogP contribution < -0.4 is 0 Å². The van der Waals surface area contributed by atoms with Crippen LogP contribution in [0, 0.1) is 0 Å². The van der Waals surface area contributed by atoms with Crippen molar-refractivity contribution in [2.75, 3.05) is 33.0 Å². The fourth-order valence-electron chi connectivity index (χ4n) is 1.09. The molecule has 0 aliphatic carbocycles. The number of hydrogen-bond donors (Lipinski definition) is 5. The molecule has 0 aromatic rings. The molecule has 0 amide bonds. The van der Waals surface area contributed by atoms with Crippen molar-refractivity contribution in [3.05, 3.63) is 0 Å². The highest BCUT2D eigenvalue weighted by molar-refractivity contribution is 5.85. The largest absolute Gasteiger partial charge is 0.396 e. The first-order valence-corrected chi connectivity index (χ1v) is 4.80. The Morgan fingerprint density at radius 3 is 1.47 bits per heavy atom. The molecule has 0 atom stereocenters. The molecule has 0 saturated heterocycles. The number of aliphatic hydroxyl groups excluding tert-OH is 5. The van der Waals surface area contributed by atoms with Gasteiger partial charge in [0.05, 0.1) is 19.8 Å². The molecular weight excluding hydrogens is 202 g/mol. The molecule has 0 heterocycles. The topological polar surface area (TPSA) is 114 Å². The summed E-state index contributed by atoms with van der Waals surface area (Å²) in [5, 5.41) is 44.5. The normalized spacial score (nSPS) is 11.5. The summed E-state index contributed by atoms with van der Waals surface area (Å²) in [6.45, 7) is -1.71. The zero-order chi connectivity index (χ0) is 11.7. The Morgan fingerprint density at radius 1 is 0.800 bits per heavy atom. The number of aliphatic hydroxyl groups is 5. The van der Waals surface area contributed by atoms with E-state index in [2.05, 4.69) is 4.99 Å². The number of rotatable bonds is 8. The Bertz CT molecular complexity index is 175. The van der Waals surface area contributed by atoms with E-state index in [1.165, 1.54) is 0 Å². The number of nitrogens with zero attached hydrogens (tertiary/aromatic N) is 1. The summed E-state index contributed by atoms with van der Waals surface area (Å²) >= 11 is 0. The summed E-state index contributed by atoms with van der Waals surface area (Å²) in [5.74, 6) is 0. The smallest absolute Gasteiger partial charge is 0.129 e. The van der Waals surface area contributed by atoms with Gasteiger partial charge < -0.3 is 25.5 Å². The van der Waals surface area contributed by atoms with Gasteiger partial charge in [0.15, 0.2) is 0 Å². The van der Waals surface area contributed by atoms with Crippen molar-refractivity contribution >= 4 is 5.71 Å². The molecule has 0 saturated carbocycles. The van der Waals surface area contributed by atoms with E-state index in [-0.39, 0.29) is 26.1 Å². The van der Waals surface area contributed by atoms with Crippen LogP contribution in [0.25, 0.3) is 0 Å². The molecule has 0 spiro atoms. The van der Waals surface area contributed by atoms with Crippen LogP contribution in [0.2, 0.25) is 0 Å². The molecule has 6 heteroatoms. The van der Waals surface area contributed by atoms with Crippen LogP contribution in [0.3, 0.4) is 0 Å². The van der Waals surface area contributed by atoms with E-state index in [1.54, 1.807) is 0 Å². The average Bonchev–Trinajstić information content (AvgIpc) is 2.27. The Balaban J connectivity index is 4.70. The summed E-state index contributed by atoms with van der Waals surface area (Å²) in [5.41, 5.74) is -0.850. The molecule has 90 valence electrons. The lowest BCUT2D eigenvalue weighted by atomic mass is 10.0. The Kier molecular flexibility index (Phi) is 7.45. The molecule has 0 unspecified atom stereocenters. The summed E-state index contributed by atoms with van der Waals surface area (Å²) in [6, 6.07) is 0. The minimum atomic E-state index is -1.32. The molecule has 0 bridgehead atoms. The van der Waals surface area contributed by atoms with Crippen molar-refractivity contribution in [3.8, 4) is 0 Å². The van der Waals surface area contributed by atoms with Crippen molar-refractivity contribution in [1.29, 1.82) is 0 Å². The van der Waals surface area contributed by atoms with Crippen LogP contribution in [-0.4, -0.2) is 69.8 Å². The zero-order valence-corrected chi connectivity index (χ0v) is 8.63. The van der Waals surface area contributed by atoms with E-state index >= 15 is 0 Å². The zero-order valence-electron chi connectivity index (χ0n) is 8.63. The predicted molar refractivity (Wildman–Crippen MR) is 54.8 cm³/mol. The number of hydrogen-bond acceptors (Lipinski definition) is 6. The second-order valence-corrected chi connectivity index (χ2v) is 3.32. The van der Waals surface area contributed by atoms with E-state index < -0.39 is 25.4 Å². The minimum Gasteiger partial charge on any atom is -0.396 e. The quantitative estimate of drug-likeness (QED) is 0.301. The van der Waals surface area contributed by atoms with E-state index in [4.69, 9.17) is 25.5 Å². The van der Waals surface area contributed by atoms with Crippen LogP contribution in [0.4, 0.5) is 0 Å². The lowest BCUT2D eigenvalue weighted by molar-refractivity contribution is 0.0709. The van der Waals surface area contributed by atoms with E-state index in [0.717, 1.165) is 0 Å². The number of aliphatic imine (C=N–C) groups is 1. The minimum absolute atomic E-state index is 0.128. The maximum absolute atomic E-state index is 9.01. The Labute approximate surface area is 88.5 Å². The molecule has 0 aromatic heterocycles. The third-order valence-electron chi connectivity index (χ3n) is 2.08. The van der Waals surface area contributed by atoms with Crippen molar-refractivity contribution in [3.63, 3.8) is 0 Å². The van der Waals surface area contributed by atoms with Crippen molar-refractivity contribution in [1.82, 2.24) is 0 Å². The van der Waals surface area contributed by atoms with Crippen LogP contribution in [0.15, 0.2) is 4.99 Å². The second-order valence-electron chi connectivity index (χ2n) is 3.32. The van der Waals surface area contributed by atoms with Gasteiger partial charge in [-0.2, -0.15) is 0 Å². The monoisotopic (exact) mass is 221 g/mol. The summed E-state index contributed by atoms with van der Waals surface area (Å²) in [7, 11) is 0. The van der Waals surface area contributed by atoms with Crippen LogP contribution >= 0.6 is 0 Å². The Morgan fingerprint density at radius 2 is 1.20 bits per heavy atom. The lowest BCUT2D eigenvalue weighted by Gasteiger charge is -2.24. The van der Waals surface area contributed by atoms with Crippen molar-refractivity contribution in [2.45, 2.75) is 18.4 Å². The molecule has 0 rings (SSSR count). The standard InChI is InChI=1S/C9H19NO5/c11-3-1-8(2-4-12)10-9(5-13,6-14)7-15/h11-15H,1-7H2. The highest BCUT2D eigenvalue weighted by Crippen LogP contribution is 2.11. The first-order chi connectivity index (χ1) is 7.17. The fourth-order valence-corrected chi connectivity index (χ4v) is 1.09. The third kappa shape index (κ3) is 4.67. The van der Waals surface area contributed by atoms with Gasteiger partial charge in [-0.15, -0.1) is 0 Å². The van der Waals surface area contributed by atoms with Crippen molar-refractivity contribution in [2.24, 2.45) is 4.99 Å². The van der Waals surface area contributed by atoms with Gasteiger partial charge in [-0.3, -0.25) is 4.99 Å². The maximum atomic E-state index is 9.01. The molecule has 0 aliphatic heterocycles. The van der Waals surface area contributed by atoms with Gasteiger partial charge in [0.1, 0.15) is 5.54 Å². The summed E-state index contributed by atoms with van der Waals surface area (Å²) in [4.78, 5) is 3.99. The fraction of sp³-hybridized carbons (Fsp3) is 0.889. The molecular formula is C9H19NO5. The van der Waals surface area contributed by atoms with E-state index in [1.807, 2.05) is 0 Å². The van der Waals surface area contributed by atoms with Gasteiger partial charge >= 0.3 is 0 Å². The van der Waals surface area contributed by atoms with Crippen LogP contribution in [0.1, 0.15) is 12.8 Å². The molecule has 5 N–H and O–H groups in total. The lowest BCUT2D eigenvalue weighted by Crippen LogP contribution is -2.40. The van der Waals surface area contributed by atoms with Gasteiger partial charge in [0.2, 0.25) is 0 Å². The van der Waals surface area contributed by atoms with Gasteiger partial charge in [0, 0.05) is 31.8 Å². The van der Waals surface area contributed by atoms with Crippen LogP contribution in [-0.2, 0) is 0 Å². The van der Waals surface area contributed by atoms with Gasteiger partial charge in [-0.25, -0.2) is 0 Å². The molecule has 0 fully saturated rings.